The van der Waals surface area contributed by atoms with Gasteiger partial charge in [-0.3, -0.25) is 0 Å². The van der Waals surface area contributed by atoms with Crippen LogP contribution in [0.5, 0.6) is 0 Å². The molecule has 2 rings (SSSR count). The van der Waals surface area contributed by atoms with E-state index in [1.165, 1.54) is 0 Å². The standard InChI is InChI=1S/C11H17N3O2S/c1-2-9(10-12-3-8-17-10)13-11(15)14-4-6-16-7-5-14/h3,8-9H,2,4-7H2,1H3,(H,13,15). The molecule has 1 atom stereocenters. The van der Waals surface area contributed by atoms with Gasteiger partial charge in [0, 0.05) is 24.7 Å². The van der Waals surface area contributed by atoms with E-state index in [2.05, 4.69) is 10.3 Å². The normalized spacial score (nSPS) is 17.8. The Labute approximate surface area is 105 Å². The number of hydrogen-bond donors (Lipinski definition) is 1. The molecule has 6 heteroatoms. The van der Waals surface area contributed by atoms with Gasteiger partial charge in [0.15, 0.2) is 0 Å². The SMILES string of the molecule is CCC(NC(=O)N1CCOCC1)c1nccs1. The minimum atomic E-state index is -0.0182. The molecular formula is C11H17N3O2S. The Bertz CT molecular complexity index is 350. The number of thiazole rings is 1. The van der Waals surface area contributed by atoms with Gasteiger partial charge in [-0.2, -0.15) is 0 Å². The number of carbonyl (C=O) groups excluding carboxylic acids is 1. The second kappa shape index (κ2) is 5.97. The smallest absolute Gasteiger partial charge is 0.318 e. The van der Waals surface area contributed by atoms with Gasteiger partial charge in [-0.05, 0) is 6.42 Å². The molecule has 2 amide bonds. The van der Waals surface area contributed by atoms with Crippen LogP contribution in [0.15, 0.2) is 11.6 Å². The van der Waals surface area contributed by atoms with Crippen molar-refractivity contribution in [3.8, 4) is 0 Å². The number of hydrogen-bond acceptors (Lipinski definition) is 4. The van der Waals surface area contributed by atoms with Crippen LogP contribution in [-0.4, -0.2) is 42.2 Å². The molecule has 1 N–H and O–H groups in total. The molecule has 1 aliphatic rings. The predicted octanol–water partition coefficient (Wildman–Crippen LogP) is 1.64. The van der Waals surface area contributed by atoms with Crippen LogP contribution in [0.1, 0.15) is 24.4 Å². The molecule has 1 aromatic rings. The fraction of sp³-hybridized carbons (Fsp3) is 0.636. The van der Waals surface area contributed by atoms with Gasteiger partial charge in [-0.1, -0.05) is 6.92 Å². The summed E-state index contributed by atoms with van der Waals surface area (Å²) < 4.78 is 5.22. The van der Waals surface area contributed by atoms with Crippen molar-refractivity contribution in [2.24, 2.45) is 0 Å². The lowest BCUT2D eigenvalue weighted by molar-refractivity contribution is 0.0524. The van der Waals surface area contributed by atoms with Crippen molar-refractivity contribution in [2.45, 2.75) is 19.4 Å². The van der Waals surface area contributed by atoms with Crippen molar-refractivity contribution in [3.05, 3.63) is 16.6 Å². The summed E-state index contributed by atoms with van der Waals surface area (Å²) in [6, 6.07) is 0.000643. The minimum Gasteiger partial charge on any atom is -0.378 e. The monoisotopic (exact) mass is 255 g/mol. The summed E-state index contributed by atoms with van der Waals surface area (Å²) >= 11 is 1.58. The van der Waals surface area contributed by atoms with Crippen molar-refractivity contribution < 1.29 is 9.53 Å². The van der Waals surface area contributed by atoms with Crippen molar-refractivity contribution in [1.29, 1.82) is 0 Å². The van der Waals surface area contributed by atoms with E-state index in [1.807, 2.05) is 12.3 Å². The molecule has 94 valence electrons. The van der Waals surface area contributed by atoms with Gasteiger partial charge in [0.05, 0.1) is 19.3 Å². The molecule has 1 aliphatic heterocycles. The van der Waals surface area contributed by atoms with E-state index < -0.39 is 0 Å². The van der Waals surface area contributed by atoms with Crippen molar-refractivity contribution in [2.75, 3.05) is 26.3 Å². The summed E-state index contributed by atoms with van der Waals surface area (Å²) in [7, 11) is 0. The number of ether oxygens (including phenoxy) is 1. The first kappa shape index (κ1) is 12.3. The molecule has 1 saturated heterocycles. The maximum Gasteiger partial charge on any atom is 0.318 e. The molecule has 1 unspecified atom stereocenters. The van der Waals surface area contributed by atoms with Crippen LogP contribution in [0.4, 0.5) is 4.79 Å². The fourth-order valence-corrected chi connectivity index (χ4v) is 2.52. The van der Waals surface area contributed by atoms with E-state index in [-0.39, 0.29) is 12.1 Å². The number of nitrogens with one attached hydrogen (secondary N) is 1. The van der Waals surface area contributed by atoms with Crippen molar-refractivity contribution >= 4 is 17.4 Å². The van der Waals surface area contributed by atoms with Gasteiger partial charge < -0.3 is 15.0 Å². The lowest BCUT2D eigenvalue weighted by atomic mass is 10.2. The molecule has 0 spiro atoms. The molecule has 1 fully saturated rings. The summed E-state index contributed by atoms with van der Waals surface area (Å²) in [5, 5.41) is 5.91. The Balaban J connectivity index is 1.92. The largest absolute Gasteiger partial charge is 0.378 e. The van der Waals surface area contributed by atoms with E-state index >= 15 is 0 Å². The predicted molar refractivity (Wildman–Crippen MR) is 66.1 cm³/mol. The molecule has 0 radical (unpaired) electrons. The molecule has 0 bridgehead atoms. The summed E-state index contributed by atoms with van der Waals surface area (Å²) in [6.45, 7) is 4.63. The third kappa shape index (κ3) is 3.17. The highest BCUT2D eigenvalue weighted by Crippen LogP contribution is 2.19. The maximum atomic E-state index is 12.0. The first-order chi connectivity index (χ1) is 8.31. The van der Waals surface area contributed by atoms with Gasteiger partial charge in [-0.15, -0.1) is 11.3 Å². The van der Waals surface area contributed by atoms with E-state index in [4.69, 9.17) is 4.74 Å². The van der Waals surface area contributed by atoms with Crippen LogP contribution < -0.4 is 5.32 Å². The number of nitrogens with zero attached hydrogens (tertiary/aromatic N) is 2. The van der Waals surface area contributed by atoms with E-state index in [9.17, 15) is 4.79 Å². The summed E-state index contributed by atoms with van der Waals surface area (Å²) in [5.41, 5.74) is 0. The molecular weight excluding hydrogens is 238 g/mol. The van der Waals surface area contributed by atoms with Crippen LogP contribution in [0.25, 0.3) is 0 Å². The number of aromatic nitrogens is 1. The van der Waals surface area contributed by atoms with Gasteiger partial charge in [0.1, 0.15) is 5.01 Å². The van der Waals surface area contributed by atoms with Gasteiger partial charge in [-0.25, -0.2) is 9.78 Å². The van der Waals surface area contributed by atoms with E-state index in [1.54, 1.807) is 22.4 Å². The zero-order valence-corrected chi connectivity index (χ0v) is 10.7. The Morgan fingerprint density at radius 2 is 2.41 bits per heavy atom. The molecule has 0 aliphatic carbocycles. The second-order valence-electron chi connectivity index (χ2n) is 3.88. The van der Waals surface area contributed by atoms with Crippen LogP contribution in [0.2, 0.25) is 0 Å². The Morgan fingerprint density at radius 1 is 1.65 bits per heavy atom. The highest BCUT2D eigenvalue weighted by molar-refractivity contribution is 7.09. The van der Waals surface area contributed by atoms with E-state index in [0.29, 0.717) is 26.3 Å². The Kier molecular flexibility index (Phi) is 4.33. The highest BCUT2D eigenvalue weighted by atomic mass is 32.1. The molecule has 1 aromatic heterocycles. The van der Waals surface area contributed by atoms with Gasteiger partial charge in [0.2, 0.25) is 0 Å². The number of rotatable bonds is 3. The lowest BCUT2D eigenvalue weighted by Crippen LogP contribution is -2.47. The Morgan fingerprint density at radius 3 is 3.00 bits per heavy atom. The van der Waals surface area contributed by atoms with Crippen molar-refractivity contribution in [1.82, 2.24) is 15.2 Å². The lowest BCUT2D eigenvalue weighted by Gasteiger charge is -2.28. The average molecular weight is 255 g/mol. The van der Waals surface area contributed by atoms with Gasteiger partial charge >= 0.3 is 6.03 Å². The quantitative estimate of drug-likeness (QED) is 0.893. The number of morpholine rings is 1. The highest BCUT2D eigenvalue weighted by Gasteiger charge is 2.21. The van der Waals surface area contributed by atoms with Crippen LogP contribution in [0, 0.1) is 0 Å². The number of carbonyl (C=O) groups is 1. The number of amides is 2. The van der Waals surface area contributed by atoms with Gasteiger partial charge in [0.25, 0.3) is 0 Å². The van der Waals surface area contributed by atoms with Crippen LogP contribution in [0.3, 0.4) is 0 Å². The first-order valence-electron chi connectivity index (χ1n) is 5.84. The van der Waals surface area contributed by atoms with Crippen molar-refractivity contribution in [3.63, 3.8) is 0 Å². The third-order valence-electron chi connectivity index (χ3n) is 2.75. The average Bonchev–Trinajstić information content (AvgIpc) is 2.90. The molecule has 2 heterocycles. The zero-order valence-electron chi connectivity index (χ0n) is 9.89. The summed E-state index contributed by atoms with van der Waals surface area (Å²) in [5.74, 6) is 0. The maximum absolute atomic E-state index is 12.0. The summed E-state index contributed by atoms with van der Waals surface area (Å²) in [6.07, 6.45) is 2.62. The summed E-state index contributed by atoms with van der Waals surface area (Å²) in [4.78, 5) is 18.0. The molecule has 0 aromatic carbocycles. The molecule has 5 nitrogen and oxygen atoms in total. The zero-order chi connectivity index (χ0) is 12.1. The molecule has 0 saturated carbocycles. The third-order valence-corrected chi connectivity index (χ3v) is 3.64. The Hall–Kier alpha value is -1.14. The number of urea groups is 1. The second-order valence-corrected chi connectivity index (χ2v) is 4.81. The van der Waals surface area contributed by atoms with Crippen LogP contribution in [-0.2, 0) is 4.74 Å². The van der Waals surface area contributed by atoms with Crippen LogP contribution >= 0.6 is 11.3 Å². The van der Waals surface area contributed by atoms with E-state index in [0.717, 1.165) is 11.4 Å². The fourth-order valence-electron chi connectivity index (χ4n) is 1.75. The minimum absolute atomic E-state index is 0.0182. The first-order valence-corrected chi connectivity index (χ1v) is 6.71. The topological polar surface area (TPSA) is 54.5 Å². The molecule has 17 heavy (non-hydrogen) atoms.